The predicted molar refractivity (Wildman–Crippen MR) is 484 cm³/mol. The van der Waals surface area contributed by atoms with Gasteiger partial charge in [-0.25, -0.2) is 8.78 Å². The van der Waals surface area contributed by atoms with Gasteiger partial charge in [-0.3, -0.25) is 0 Å². The minimum atomic E-state index is -0.449. The maximum absolute atomic E-state index is 17.1. The van der Waals surface area contributed by atoms with Crippen LogP contribution in [0.15, 0.2) is 97.1 Å². The number of phenols is 2. The van der Waals surface area contributed by atoms with Gasteiger partial charge in [0.2, 0.25) is 11.5 Å². The number of halogens is 2. The molecule has 113 heavy (non-hydrogen) atoms. The number of aromatic hydroxyl groups is 2. The van der Waals surface area contributed by atoms with Gasteiger partial charge in [0.15, 0.2) is 12.2 Å². The number of rotatable bonds is 14. The van der Waals surface area contributed by atoms with Gasteiger partial charge < -0.3 is 28.1 Å². The molecule has 6 nitrogen and oxygen atoms in total. The maximum Gasteiger partial charge on any atom is 0.238 e. The van der Waals surface area contributed by atoms with Crippen molar-refractivity contribution in [3.63, 3.8) is 0 Å². The Morgan fingerprint density at radius 3 is 0.770 bits per heavy atom. The Kier molecular flexibility index (Phi) is 22.3. The van der Waals surface area contributed by atoms with Crippen LogP contribution in [-0.2, 0) is 62.9 Å². The van der Waals surface area contributed by atoms with Crippen molar-refractivity contribution in [2.75, 3.05) is 0 Å². The third-order valence-corrected chi connectivity index (χ3v) is 24.0. The molecule has 0 amide bonds. The number of nitrogens with zero attached hydrogens (tertiary/aromatic N) is 2. The second-order valence-corrected chi connectivity index (χ2v) is 46.3. The fourth-order valence-electron chi connectivity index (χ4n) is 18.4. The Labute approximate surface area is 682 Å². The zero-order valence-corrected chi connectivity index (χ0v) is 77.3. The van der Waals surface area contributed by atoms with E-state index in [0.717, 1.165) is 46.0 Å². The molecule has 0 radical (unpaired) electrons. The van der Waals surface area contributed by atoms with Gasteiger partial charge in [-0.15, -0.1) is 0 Å². The van der Waals surface area contributed by atoms with Crippen LogP contribution in [0, 0.1) is 50.5 Å². The van der Waals surface area contributed by atoms with Crippen LogP contribution >= 0.6 is 0 Å². The molecule has 8 heteroatoms. The van der Waals surface area contributed by atoms with E-state index in [0.29, 0.717) is 62.7 Å². The van der Waals surface area contributed by atoms with Gasteiger partial charge in [0.25, 0.3) is 0 Å². The lowest BCUT2D eigenvalue weighted by atomic mass is 9.71. The number of hydrogen-bond donors (Lipinski definition) is 2. The fourth-order valence-corrected chi connectivity index (χ4v) is 18.4. The molecule has 0 aliphatic rings. The summed E-state index contributed by atoms with van der Waals surface area (Å²) in [5.41, 5.74) is 17.1. The summed E-state index contributed by atoms with van der Waals surface area (Å²) in [6.45, 7) is 85.9. The lowest BCUT2D eigenvalue weighted by Crippen LogP contribution is -2.26. The highest BCUT2D eigenvalue weighted by Gasteiger charge is 2.40. The SMILES string of the molecule is [CH2-][O+](c1c(C)cc(F)cc1-c1cc(C(C)(C)CC(C)(C)C)cc(-n2c3cc(C(C)(C)C)cc(C(C)(C)C)c3c3c(C(C)(C)C)cc(C(C)(C)C)cc32)c1O)C(C)CC(C)[O+]([CH2-])c1c(C)cc(F)cc1-c1cc(C(C)(C)CC(C)(C)C)cc(-n2c3cc(C(C)(C)C)cc(C(C)(C)C)c3c3c(C(C)(C)C)cc(C(C)(C)C)cc32)c1O. The first-order valence-electron chi connectivity index (χ1n) is 41.7. The van der Waals surface area contributed by atoms with E-state index in [1.165, 1.54) is 66.1 Å². The maximum atomic E-state index is 17.1. The zero-order valence-electron chi connectivity index (χ0n) is 77.3. The lowest BCUT2D eigenvalue weighted by Gasteiger charge is -2.41. The summed E-state index contributed by atoms with van der Waals surface area (Å²) in [5, 5.41) is 32.7. The van der Waals surface area contributed by atoms with Gasteiger partial charge in [-0.05, 0) is 234 Å². The average molecular weight is 1540 g/mol. The Hall–Kier alpha value is -7.58. The van der Waals surface area contributed by atoms with E-state index in [-0.39, 0.29) is 65.6 Å². The number of hydrogen-bond acceptors (Lipinski definition) is 2. The highest BCUT2D eigenvalue weighted by molar-refractivity contribution is 6.15. The van der Waals surface area contributed by atoms with Crippen LogP contribution in [0.25, 0.3) is 77.2 Å². The van der Waals surface area contributed by atoms with Gasteiger partial charge in [0.1, 0.15) is 29.6 Å². The standard InChI is InChI=1S/C105H144F2N2O4/c1-60-41-70(106)56-74(72-44-68(104(35,36)58-94(5,6)7)54-84(90(72)110)108-80-50-64(96(11,12)13)46-76(100(23,24)25)86(80)87-77(101(26,27)28)47-65(51-81(87)108)97(14,15)16)92(60)112(39)62(3)43-63(4)113(40)93-61(2)42-71(107)57-75(93)73-45-69(105(37,38)59-95(8,9)10)55-85(91(73)111)109-82-52-66(98(17,18)19)48-78(102(29,30)31)88(82)89-79(103(32,33)34)49-67(53-83(89)109)99(20,21)22/h41-42,44-57,62-63,110-111H,39-40,43,58-59H2,1-38H3. The predicted octanol–water partition coefficient (Wildman–Crippen LogP) is 31.3. The number of fused-ring (bicyclic) bond motifs is 6. The smallest absolute Gasteiger partial charge is 0.238 e. The van der Waals surface area contributed by atoms with Crippen LogP contribution in [0.4, 0.5) is 8.78 Å². The first-order chi connectivity index (χ1) is 51.0. The van der Waals surface area contributed by atoms with E-state index in [1.54, 1.807) is 24.3 Å². The van der Waals surface area contributed by atoms with Crippen molar-refractivity contribution in [3.05, 3.63) is 190 Å². The van der Waals surface area contributed by atoms with E-state index in [1.807, 2.05) is 13.8 Å². The number of benzene rings is 8. The summed E-state index contributed by atoms with van der Waals surface area (Å²) in [6.07, 6.45) is 1.17. The zero-order chi connectivity index (χ0) is 85.4. The van der Waals surface area contributed by atoms with Crippen LogP contribution in [0.1, 0.15) is 335 Å². The van der Waals surface area contributed by atoms with Crippen LogP contribution in [0.3, 0.4) is 0 Å². The largest absolute Gasteiger partial charge is 0.709 e. The number of aryl methyl sites for hydroxylation is 2. The molecule has 0 bridgehead atoms. The van der Waals surface area contributed by atoms with Gasteiger partial charge in [-0.2, -0.15) is 0 Å². The topological polar surface area (TPSA) is 55.7 Å². The molecule has 2 unspecified atom stereocenters. The van der Waals surface area contributed by atoms with E-state index >= 15 is 8.78 Å². The third-order valence-electron chi connectivity index (χ3n) is 24.0. The summed E-state index contributed by atoms with van der Waals surface area (Å²) in [6, 6.07) is 34.0. The van der Waals surface area contributed by atoms with Crippen molar-refractivity contribution in [3.8, 4) is 56.6 Å². The molecule has 0 spiro atoms. The third kappa shape index (κ3) is 17.2. The van der Waals surface area contributed by atoms with Crippen molar-refractivity contribution in [2.24, 2.45) is 10.8 Å². The van der Waals surface area contributed by atoms with Crippen LogP contribution in [0.2, 0.25) is 0 Å². The van der Waals surface area contributed by atoms with Gasteiger partial charge in [-0.1, -0.05) is 260 Å². The molecule has 0 fully saturated rings. The van der Waals surface area contributed by atoms with Crippen molar-refractivity contribution in [1.82, 2.24) is 9.13 Å². The minimum absolute atomic E-state index is 0.0279. The molecule has 10 rings (SSSR count). The van der Waals surface area contributed by atoms with E-state index in [9.17, 15) is 10.2 Å². The first kappa shape index (κ1) is 87.8. The molecule has 0 saturated heterocycles. The second kappa shape index (κ2) is 28.7. The summed E-state index contributed by atoms with van der Waals surface area (Å²) >= 11 is 0. The van der Waals surface area contributed by atoms with E-state index in [4.69, 9.17) is 14.2 Å². The molecule has 2 atom stereocenters. The summed E-state index contributed by atoms with van der Waals surface area (Å²) < 4.78 is 45.3. The highest BCUT2D eigenvalue weighted by atomic mass is 19.1. The summed E-state index contributed by atoms with van der Waals surface area (Å²) in [4.78, 5) is 0. The molecule has 2 N–H and O–H groups in total. The van der Waals surface area contributed by atoms with Crippen molar-refractivity contribution >= 4 is 43.6 Å². The average Bonchev–Trinajstić information content (AvgIpc) is 1.55. The molecular formula is C105H144F2N2O4. The molecule has 2 heterocycles. The van der Waals surface area contributed by atoms with Crippen molar-refractivity contribution < 1.29 is 27.7 Å². The van der Waals surface area contributed by atoms with Crippen LogP contribution in [0.5, 0.6) is 23.0 Å². The van der Waals surface area contributed by atoms with Crippen LogP contribution in [-0.4, -0.2) is 31.6 Å². The van der Waals surface area contributed by atoms with Gasteiger partial charge >= 0.3 is 0 Å². The van der Waals surface area contributed by atoms with Crippen molar-refractivity contribution in [2.45, 2.75) is 349 Å². The molecule has 0 saturated carbocycles. The summed E-state index contributed by atoms with van der Waals surface area (Å²) in [7, 11) is 9.65. The molecule has 8 aromatic carbocycles. The van der Waals surface area contributed by atoms with E-state index < -0.39 is 34.7 Å². The Morgan fingerprint density at radius 1 is 0.319 bits per heavy atom. The molecule has 0 aliphatic heterocycles. The second-order valence-electron chi connectivity index (χ2n) is 46.3. The molecular weight excluding hydrogens is 1390 g/mol. The van der Waals surface area contributed by atoms with Gasteiger partial charge in [0, 0.05) is 57.6 Å². The number of aromatic nitrogens is 2. The number of phenolic OH excluding ortho intramolecular Hbond substituents is 2. The highest BCUT2D eigenvalue weighted by Crippen LogP contribution is 2.57. The molecule has 0 aliphatic carbocycles. The molecule has 10 aromatic rings. The normalized spacial score (nSPS) is 14.4. The Balaban J connectivity index is 1.21. The van der Waals surface area contributed by atoms with Gasteiger partial charge in [0.05, 0.1) is 44.6 Å². The molecule has 612 valence electrons. The fraction of sp³-hybridized carbons (Fsp3) is 0.524. The monoisotopic (exact) mass is 1540 g/mol. The van der Waals surface area contributed by atoms with Crippen LogP contribution < -0.4 is 0 Å². The summed E-state index contributed by atoms with van der Waals surface area (Å²) in [5.74, 6) is 0.372. The Bertz CT molecular complexity index is 4840. The quantitative estimate of drug-likeness (QED) is 0.0842. The molecule has 2 aromatic heterocycles. The van der Waals surface area contributed by atoms with Crippen molar-refractivity contribution in [1.29, 1.82) is 0 Å². The van der Waals surface area contributed by atoms with E-state index in [2.05, 4.69) is 340 Å². The first-order valence-corrected chi connectivity index (χ1v) is 41.7. The lowest BCUT2D eigenvalue weighted by molar-refractivity contribution is -0.0945. The minimum Gasteiger partial charge on any atom is -0.709 e. The Morgan fingerprint density at radius 2 is 0.558 bits per heavy atom.